The lowest BCUT2D eigenvalue weighted by atomic mass is 10.0. The standard InChI is InChI=1S/C13H29N3/c1-6-15-7-8-16(10-12(15)4)13(9-14-5)11(2)3/h11-14H,6-10H2,1-5H3. The molecule has 0 aromatic heterocycles. The van der Waals surface area contributed by atoms with Crippen molar-refractivity contribution in [2.75, 3.05) is 39.8 Å². The highest BCUT2D eigenvalue weighted by Gasteiger charge is 2.28. The van der Waals surface area contributed by atoms with E-state index in [0.29, 0.717) is 12.1 Å². The normalized spacial score (nSPS) is 26.2. The van der Waals surface area contributed by atoms with E-state index in [1.54, 1.807) is 0 Å². The van der Waals surface area contributed by atoms with Gasteiger partial charge in [-0.2, -0.15) is 0 Å². The Morgan fingerprint density at radius 1 is 1.31 bits per heavy atom. The van der Waals surface area contributed by atoms with Gasteiger partial charge in [-0.05, 0) is 26.4 Å². The summed E-state index contributed by atoms with van der Waals surface area (Å²) in [6.45, 7) is 15.2. The summed E-state index contributed by atoms with van der Waals surface area (Å²) in [4.78, 5) is 5.24. The summed E-state index contributed by atoms with van der Waals surface area (Å²) < 4.78 is 0. The molecule has 0 amide bonds. The Morgan fingerprint density at radius 3 is 2.44 bits per heavy atom. The summed E-state index contributed by atoms with van der Waals surface area (Å²) in [6.07, 6.45) is 0. The van der Waals surface area contributed by atoms with E-state index in [0.717, 1.165) is 12.5 Å². The molecule has 1 heterocycles. The first-order valence-electron chi connectivity index (χ1n) is 6.72. The molecule has 0 saturated carbocycles. The van der Waals surface area contributed by atoms with Crippen LogP contribution in [-0.4, -0.2) is 61.7 Å². The van der Waals surface area contributed by atoms with Gasteiger partial charge in [-0.25, -0.2) is 0 Å². The van der Waals surface area contributed by atoms with Gasteiger partial charge in [-0.1, -0.05) is 20.8 Å². The molecule has 0 radical (unpaired) electrons. The Morgan fingerprint density at radius 2 is 2.00 bits per heavy atom. The van der Waals surface area contributed by atoms with Crippen molar-refractivity contribution in [3.05, 3.63) is 0 Å². The Hall–Kier alpha value is -0.120. The van der Waals surface area contributed by atoms with Gasteiger partial charge < -0.3 is 5.32 Å². The van der Waals surface area contributed by atoms with Crippen molar-refractivity contribution < 1.29 is 0 Å². The summed E-state index contributed by atoms with van der Waals surface area (Å²) >= 11 is 0. The van der Waals surface area contributed by atoms with Gasteiger partial charge >= 0.3 is 0 Å². The number of hydrogen-bond donors (Lipinski definition) is 1. The minimum absolute atomic E-state index is 0.687. The Bertz CT molecular complexity index is 194. The second kappa shape index (κ2) is 6.58. The minimum Gasteiger partial charge on any atom is -0.318 e. The van der Waals surface area contributed by atoms with Crippen molar-refractivity contribution in [3.8, 4) is 0 Å². The van der Waals surface area contributed by atoms with Crippen molar-refractivity contribution in [2.24, 2.45) is 5.92 Å². The third-order valence-corrected chi connectivity index (χ3v) is 3.85. The lowest BCUT2D eigenvalue weighted by molar-refractivity contribution is 0.0443. The van der Waals surface area contributed by atoms with Crippen molar-refractivity contribution in [1.82, 2.24) is 15.1 Å². The molecule has 3 heteroatoms. The zero-order valence-electron chi connectivity index (χ0n) is 11.7. The molecule has 1 aliphatic heterocycles. The van der Waals surface area contributed by atoms with Gasteiger partial charge in [0.15, 0.2) is 0 Å². The van der Waals surface area contributed by atoms with Gasteiger partial charge in [-0.15, -0.1) is 0 Å². The number of piperazine rings is 1. The van der Waals surface area contributed by atoms with Crippen molar-refractivity contribution in [3.63, 3.8) is 0 Å². The summed E-state index contributed by atoms with van der Waals surface area (Å²) in [5, 5.41) is 3.33. The highest BCUT2D eigenvalue weighted by atomic mass is 15.3. The highest BCUT2D eigenvalue weighted by molar-refractivity contribution is 4.85. The van der Waals surface area contributed by atoms with E-state index in [9.17, 15) is 0 Å². The monoisotopic (exact) mass is 227 g/mol. The Labute approximate surface area is 101 Å². The molecular formula is C13H29N3. The number of nitrogens with one attached hydrogen (secondary N) is 1. The average Bonchev–Trinajstić information content (AvgIpc) is 2.25. The molecule has 0 spiro atoms. The molecule has 1 saturated heterocycles. The van der Waals surface area contributed by atoms with Crippen molar-refractivity contribution in [1.29, 1.82) is 0 Å². The number of rotatable bonds is 5. The van der Waals surface area contributed by atoms with E-state index in [1.807, 2.05) is 0 Å². The Balaban J connectivity index is 2.53. The molecular weight excluding hydrogens is 198 g/mol. The van der Waals surface area contributed by atoms with E-state index in [2.05, 4.69) is 49.9 Å². The fourth-order valence-electron chi connectivity index (χ4n) is 2.79. The SMILES string of the molecule is CCN1CCN(C(CNC)C(C)C)CC1C. The molecule has 1 N–H and O–H groups in total. The van der Waals surface area contributed by atoms with E-state index < -0.39 is 0 Å². The maximum atomic E-state index is 3.33. The fraction of sp³-hybridized carbons (Fsp3) is 1.00. The largest absolute Gasteiger partial charge is 0.318 e. The third kappa shape index (κ3) is 3.44. The van der Waals surface area contributed by atoms with E-state index in [-0.39, 0.29) is 0 Å². The van der Waals surface area contributed by atoms with E-state index >= 15 is 0 Å². The molecule has 0 aromatic carbocycles. The summed E-state index contributed by atoms with van der Waals surface area (Å²) in [7, 11) is 2.06. The predicted molar refractivity (Wildman–Crippen MR) is 70.8 cm³/mol. The molecule has 3 nitrogen and oxygen atoms in total. The first-order valence-corrected chi connectivity index (χ1v) is 6.72. The molecule has 96 valence electrons. The second-order valence-electron chi connectivity index (χ2n) is 5.34. The molecule has 0 aliphatic carbocycles. The van der Waals surface area contributed by atoms with Crippen molar-refractivity contribution in [2.45, 2.75) is 39.8 Å². The van der Waals surface area contributed by atoms with Crippen LogP contribution in [0.15, 0.2) is 0 Å². The van der Waals surface area contributed by atoms with Crippen LogP contribution in [0.4, 0.5) is 0 Å². The molecule has 16 heavy (non-hydrogen) atoms. The zero-order chi connectivity index (χ0) is 12.1. The fourth-order valence-corrected chi connectivity index (χ4v) is 2.79. The molecule has 1 fully saturated rings. The zero-order valence-corrected chi connectivity index (χ0v) is 11.7. The maximum absolute atomic E-state index is 3.33. The lowest BCUT2D eigenvalue weighted by Crippen LogP contribution is -2.57. The van der Waals surface area contributed by atoms with Gasteiger partial charge in [0.2, 0.25) is 0 Å². The van der Waals surface area contributed by atoms with Crippen LogP contribution >= 0.6 is 0 Å². The van der Waals surface area contributed by atoms with E-state index in [1.165, 1.54) is 26.2 Å². The van der Waals surface area contributed by atoms with Crippen LogP contribution in [-0.2, 0) is 0 Å². The summed E-state index contributed by atoms with van der Waals surface area (Å²) in [5.41, 5.74) is 0. The maximum Gasteiger partial charge on any atom is 0.0244 e. The molecule has 1 aliphatic rings. The van der Waals surface area contributed by atoms with Gasteiger partial charge in [0, 0.05) is 38.3 Å². The quantitative estimate of drug-likeness (QED) is 0.763. The predicted octanol–water partition coefficient (Wildman–Crippen LogP) is 1.26. The topological polar surface area (TPSA) is 18.5 Å². The molecule has 1 rings (SSSR count). The third-order valence-electron chi connectivity index (χ3n) is 3.85. The van der Waals surface area contributed by atoms with Crippen LogP contribution in [0.5, 0.6) is 0 Å². The first-order chi connectivity index (χ1) is 7.60. The molecule has 0 bridgehead atoms. The van der Waals surface area contributed by atoms with Gasteiger partial charge in [0.1, 0.15) is 0 Å². The van der Waals surface area contributed by atoms with Gasteiger partial charge in [-0.3, -0.25) is 9.80 Å². The van der Waals surface area contributed by atoms with Crippen molar-refractivity contribution >= 4 is 0 Å². The molecule has 2 unspecified atom stereocenters. The number of hydrogen-bond acceptors (Lipinski definition) is 3. The van der Waals surface area contributed by atoms with Crippen LogP contribution in [0, 0.1) is 5.92 Å². The van der Waals surface area contributed by atoms with Crippen LogP contribution in [0.1, 0.15) is 27.7 Å². The van der Waals surface area contributed by atoms with Gasteiger partial charge in [0.25, 0.3) is 0 Å². The summed E-state index contributed by atoms with van der Waals surface area (Å²) in [6, 6.07) is 1.39. The Kier molecular flexibility index (Phi) is 5.73. The van der Waals surface area contributed by atoms with Crippen LogP contribution in [0.2, 0.25) is 0 Å². The van der Waals surface area contributed by atoms with E-state index in [4.69, 9.17) is 0 Å². The first kappa shape index (κ1) is 13.9. The minimum atomic E-state index is 0.687. The van der Waals surface area contributed by atoms with Crippen LogP contribution < -0.4 is 5.32 Å². The lowest BCUT2D eigenvalue weighted by Gasteiger charge is -2.44. The smallest absolute Gasteiger partial charge is 0.0244 e. The second-order valence-corrected chi connectivity index (χ2v) is 5.34. The molecule has 0 aromatic rings. The highest BCUT2D eigenvalue weighted by Crippen LogP contribution is 2.16. The van der Waals surface area contributed by atoms with Crippen LogP contribution in [0.25, 0.3) is 0 Å². The number of nitrogens with zero attached hydrogens (tertiary/aromatic N) is 2. The van der Waals surface area contributed by atoms with Crippen LogP contribution in [0.3, 0.4) is 0 Å². The van der Waals surface area contributed by atoms with Gasteiger partial charge in [0.05, 0.1) is 0 Å². The average molecular weight is 227 g/mol. The number of likely N-dealkylation sites (N-methyl/N-ethyl adjacent to an activating group) is 2. The summed E-state index contributed by atoms with van der Waals surface area (Å²) in [5.74, 6) is 0.729. The molecule has 2 atom stereocenters.